The van der Waals surface area contributed by atoms with Crippen LogP contribution in [0.1, 0.15) is 35.7 Å². The normalized spacial score (nSPS) is 13.9. The van der Waals surface area contributed by atoms with Gasteiger partial charge in [-0.1, -0.05) is 25.6 Å². The third-order valence-corrected chi connectivity index (χ3v) is 3.19. The summed E-state index contributed by atoms with van der Waals surface area (Å²) < 4.78 is 10.9. The molecule has 0 amide bonds. The third-order valence-electron chi connectivity index (χ3n) is 3.19. The zero-order chi connectivity index (χ0) is 13.7. The Balaban J connectivity index is 2.08. The Bertz CT molecular complexity index is 461. The maximum absolute atomic E-state index is 11.8. The van der Waals surface area contributed by atoms with Crippen molar-refractivity contribution in [3.05, 3.63) is 42.0 Å². The van der Waals surface area contributed by atoms with Crippen LogP contribution in [0.15, 0.2) is 30.9 Å². The molecular formula is C16H20O3. The molecule has 0 unspecified atom stereocenters. The Hall–Kier alpha value is -1.77. The van der Waals surface area contributed by atoms with Gasteiger partial charge in [-0.05, 0) is 42.9 Å². The molecule has 19 heavy (non-hydrogen) atoms. The Labute approximate surface area is 114 Å². The standard InChI is InChI=1S/C16H20O3/c1-3-9-18-16(17)14-8-7-13(4-2)15(10-14)19-11-12-5-6-12/h3,7-8,10,12H,1,4-6,9,11H2,2H3. The molecule has 2 rings (SSSR count). The Kier molecular flexibility index (Phi) is 4.61. The lowest BCUT2D eigenvalue weighted by Gasteiger charge is -2.11. The molecule has 102 valence electrons. The number of carbonyl (C=O) groups excluding carboxylic acids is 1. The predicted octanol–water partition coefficient (Wildman–Crippen LogP) is 3.38. The fraction of sp³-hybridized carbons (Fsp3) is 0.438. The topological polar surface area (TPSA) is 35.5 Å². The smallest absolute Gasteiger partial charge is 0.338 e. The molecule has 0 aromatic heterocycles. The Morgan fingerprint density at radius 1 is 1.47 bits per heavy atom. The first kappa shape index (κ1) is 13.7. The van der Waals surface area contributed by atoms with Gasteiger partial charge >= 0.3 is 5.97 Å². The molecule has 3 nitrogen and oxygen atoms in total. The van der Waals surface area contributed by atoms with Crippen molar-refractivity contribution in [3.63, 3.8) is 0 Å². The van der Waals surface area contributed by atoms with Crippen molar-refractivity contribution in [2.45, 2.75) is 26.2 Å². The highest BCUT2D eigenvalue weighted by molar-refractivity contribution is 5.90. The first-order chi connectivity index (χ1) is 9.24. The van der Waals surface area contributed by atoms with Crippen molar-refractivity contribution < 1.29 is 14.3 Å². The van der Waals surface area contributed by atoms with Crippen LogP contribution in [0.2, 0.25) is 0 Å². The lowest BCUT2D eigenvalue weighted by molar-refractivity contribution is 0.0549. The average Bonchev–Trinajstić information content (AvgIpc) is 3.26. The van der Waals surface area contributed by atoms with Gasteiger partial charge in [0.2, 0.25) is 0 Å². The summed E-state index contributed by atoms with van der Waals surface area (Å²) in [6.45, 7) is 6.58. The highest BCUT2D eigenvalue weighted by Gasteiger charge is 2.22. The number of ether oxygens (including phenoxy) is 2. The fourth-order valence-electron chi connectivity index (χ4n) is 1.82. The van der Waals surface area contributed by atoms with E-state index in [1.807, 2.05) is 6.07 Å². The predicted molar refractivity (Wildman–Crippen MR) is 74.5 cm³/mol. The van der Waals surface area contributed by atoms with Crippen LogP contribution in [0, 0.1) is 5.92 Å². The molecule has 0 aliphatic heterocycles. The Morgan fingerprint density at radius 2 is 2.26 bits per heavy atom. The van der Waals surface area contributed by atoms with Crippen LogP contribution in [-0.2, 0) is 11.2 Å². The van der Waals surface area contributed by atoms with Gasteiger partial charge in [0.25, 0.3) is 0 Å². The summed E-state index contributed by atoms with van der Waals surface area (Å²) in [5, 5.41) is 0. The molecule has 1 aromatic rings. The fourth-order valence-corrected chi connectivity index (χ4v) is 1.82. The highest BCUT2D eigenvalue weighted by atomic mass is 16.5. The number of hydrogen-bond acceptors (Lipinski definition) is 3. The quantitative estimate of drug-likeness (QED) is 0.557. The van der Waals surface area contributed by atoms with Crippen molar-refractivity contribution >= 4 is 5.97 Å². The molecule has 1 aromatic carbocycles. The number of esters is 1. The Morgan fingerprint density at radius 3 is 2.89 bits per heavy atom. The van der Waals surface area contributed by atoms with Crippen LogP contribution >= 0.6 is 0 Å². The molecule has 3 heteroatoms. The molecule has 0 spiro atoms. The molecule has 0 saturated heterocycles. The molecule has 1 fully saturated rings. The average molecular weight is 260 g/mol. The second-order valence-electron chi connectivity index (χ2n) is 4.82. The summed E-state index contributed by atoms with van der Waals surface area (Å²) in [6, 6.07) is 5.51. The number of benzene rings is 1. The van der Waals surface area contributed by atoms with E-state index in [0.717, 1.165) is 24.3 Å². The minimum Gasteiger partial charge on any atom is -0.493 e. The molecule has 0 bridgehead atoms. The summed E-state index contributed by atoms with van der Waals surface area (Å²) in [5.41, 5.74) is 1.66. The van der Waals surface area contributed by atoms with Crippen LogP contribution in [0.3, 0.4) is 0 Å². The van der Waals surface area contributed by atoms with Gasteiger partial charge in [-0.2, -0.15) is 0 Å². The second kappa shape index (κ2) is 6.41. The summed E-state index contributed by atoms with van der Waals surface area (Å²) in [4.78, 5) is 11.8. The van der Waals surface area contributed by atoms with Crippen LogP contribution in [-0.4, -0.2) is 19.2 Å². The van der Waals surface area contributed by atoms with Crippen molar-refractivity contribution in [2.75, 3.05) is 13.2 Å². The van der Waals surface area contributed by atoms with E-state index < -0.39 is 0 Å². The summed E-state index contributed by atoms with van der Waals surface area (Å²) in [6.07, 6.45) is 4.95. The largest absolute Gasteiger partial charge is 0.493 e. The lowest BCUT2D eigenvalue weighted by Crippen LogP contribution is -2.07. The number of rotatable bonds is 7. The van der Waals surface area contributed by atoms with E-state index in [1.165, 1.54) is 12.8 Å². The zero-order valence-electron chi connectivity index (χ0n) is 11.4. The van der Waals surface area contributed by atoms with Gasteiger partial charge in [0.05, 0.1) is 12.2 Å². The molecule has 1 aliphatic rings. The van der Waals surface area contributed by atoms with Crippen molar-refractivity contribution in [1.29, 1.82) is 0 Å². The minimum absolute atomic E-state index is 0.229. The van der Waals surface area contributed by atoms with Gasteiger partial charge in [-0.25, -0.2) is 4.79 Å². The molecule has 0 radical (unpaired) electrons. The van der Waals surface area contributed by atoms with Crippen molar-refractivity contribution in [2.24, 2.45) is 5.92 Å². The molecule has 0 N–H and O–H groups in total. The van der Waals surface area contributed by atoms with E-state index in [4.69, 9.17) is 9.47 Å². The van der Waals surface area contributed by atoms with Crippen LogP contribution in [0.4, 0.5) is 0 Å². The summed E-state index contributed by atoms with van der Waals surface area (Å²) in [7, 11) is 0. The van der Waals surface area contributed by atoms with Crippen molar-refractivity contribution in [3.8, 4) is 5.75 Å². The maximum Gasteiger partial charge on any atom is 0.338 e. The third kappa shape index (κ3) is 3.85. The van der Waals surface area contributed by atoms with Gasteiger partial charge in [0, 0.05) is 0 Å². The number of carbonyl (C=O) groups is 1. The summed E-state index contributed by atoms with van der Waals surface area (Å²) in [5.74, 6) is 1.17. The van der Waals surface area contributed by atoms with E-state index >= 15 is 0 Å². The van der Waals surface area contributed by atoms with E-state index in [2.05, 4.69) is 13.5 Å². The molecule has 0 atom stereocenters. The summed E-state index contributed by atoms with van der Waals surface area (Å²) >= 11 is 0. The maximum atomic E-state index is 11.8. The molecule has 0 heterocycles. The van der Waals surface area contributed by atoms with Gasteiger partial charge in [0.1, 0.15) is 12.4 Å². The number of aryl methyl sites for hydroxylation is 1. The second-order valence-corrected chi connectivity index (χ2v) is 4.82. The number of hydrogen-bond donors (Lipinski definition) is 0. The first-order valence-corrected chi connectivity index (χ1v) is 6.78. The van der Waals surface area contributed by atoms with Crippen molar-refractivity contribution in [1.82, 2.24) is 0 Å². The van der Waals surface area contributed by atoms with E-state index in [-0.39, 0.29) is 12.6 Å². The van der Waals surface area contributed by atoms with E-state index in [0.29, 0.717) is 11.5 Å². The monoisotopic (exact) mass is 260 g/mol. The SMILES string of the molecule is C=CCOC(=O)c1ccc(CC)c(OCC2CC2)c1. The van der Waals surface area contributed by atoms with Gasteiger partial charge in [-0.15, -0.1) is 0 Å². The van der Waals surface area contributed by atoms with E-state index in [9.17, 15) is 4.79 Å². The molecule has 1 saturated carbocycles. The first-order valence-electron chi connectivity index (χ1n) is 6.78. The highest BCUT2D eigenvalue weighted by Crippen LogP contribution is 2.31. The van der Waals surface area contributed by atoms with Crippen LogP contribution in [0.5, 0.6) is 5.75 Å². The van der Waals surface area contributed by atoms with Crippen LogP contribution in [0.25, 0.3) is 0 Å². The lowest BCUT2D eigenvalue weighted by atomic mass is 10.1. The zero-order valence-corrected chi connectivity index (χ0v) is 11.4. The molecular weight excluding hydrogens is 240 g/mol. The van der Waals surface area contributed by atoms with E-state index in [1.54, 1.807) is 18.2 Å². The molecule has 1 aliphatic carbocycles. The van der Waals surface area contributed by atoms with Gasteiger partial charge < -0.3 is 9.47 Å². The van der Waals surface area contributed by atoms with Crippen LogP contribution < -0.4 is 4.74 Å². The van der Waals surface area contributed by atoms with Gasteiger partial charge in [-0.3, -0.25) is 0 Å². The minimum atomic E-state index is -0.334. The van der Waals surface area contributed by atoms with Gasteiger partial charge in [0.15, 0.2) is 0 Å².